The van der Waals surface area contributed by atoms with Crippen LogP contribution in [0.3, 0.4) is 0 Å². The summed E-state index contributed by atoms with van der Waals surface area (Å²) < 4.78 is 6.87. The molecule has 1 aliphatic rings. The van der Waals surface area contributed by atoms with Gasteiger partial charge in [-0.3, -0.25) is 0 Å². The largest absolute Gasteiger partial charge is 0.378 e. The average molecular weight is 249 g/mol. The molecule has 2 aromatic rings. The lowest BCUT2D eigenvalue weighted by atomic mass is 10.0. The molecule has 2 unspecified atom stereocenters. The van der Waals surface area contributed by atoms with Crippen LogP contribution in [0, 0.1) is 5.92 Å². The van der Waals surface area contributed by atoms with Crippen LogP contribution in [0.2, 0.25) is 0 Å². The highest BCUT2D eigenvalue weighted by atomic mass is 16.5. The molecule has 7 heteroatoms. The summed E-state index contributed by atoms with van der Waals surface area (Å²) in [6.07, 6.45) is 2.82. The first kappa shape index (κ1) is 11.2. The van der Waals surface area contributed by atoms with Crippen molar-refractivity contribution < 1.29 is 4.74 Å². The third kappa shape index (κ3) is 1.97. The van der Waals surface area contributed by atoms with Crippen molar-refractivity contribution in [1.82, 2.24) is 19.6 Å². The highest BCUT2D eigenvalue weighted by molar-refractivity contribution is 5.48. The molecule has 2 aromatic heterocycles. The molecule has 0 radical (unpaired) electrons. The van der Waals surface area contributed by atoms with Crippen molar-refractivity contribution in [3.05, 3.63) is 22.9 Å². The first-order valence-electron chi connectivity index (χ1n) is 6.02. The number of H-pyrrole nitrogens is 1. The van der Waals surface area contributed by atoms with E-state index in [0.717, 1.165) is 25.4 Å². The van der Waals surface area contributed by atoms with Crippen molar-refractivity contribution in [3.63, 3.8) is 0 Å². The van der Waals surface area contributed by atoms with E-state index in [1.54, 1.807) is 6.07 Å². The smallest absolute Gasteiger partial charge is 0.348 e. The summed E-state index contributed by atoms with van der Waals surface area (Å²) in [5.41, 5.74) is 0.287. The van der Waals surface area contributed by atoms with Crippen LogP contribution in [0.15, 0.2) is 17.2 Å². The number of hydrogen-bond donors (Lipinski definition) is 2. The summed E-state index contributed by atoms with van der Waals surface area (Å²) in [5.74, 6) is 1.23. The molecule has 1 fully saturated rings. The zero-order chi connectivity index (χ0) is 12.5. The highest BCUT2D eigenvalue weighted by Gasteiger charge is 2.23. The van der Waals surface area contributed by atoms with Crippen LogP contribution in [0.4, 0.5) is 5.82 Å². The number of anilines is 1. The van der Waals surface area contributed by atoms with E-state index in [4.69, 9.17) is 4.74 Å². The van der Waals surface area contributed by atoms with Gasteiger partial charge in [0.1, 0.15) is 12.1 Å². The van der Waals surface area contributed by atoms with E-state index in [9.17, 15) is 4.79 Å². The molecular formula is C11H15N5O2. The maximum atomic E-state index is 11.3. The third-order valence-electron chi connectivity index (χ3n) is 3.39. The van der Waals surface area contributed by atoms with Gasteiger partial charge in [0, 0.05) is 25.1 Å². The fraction of sp³-hybridized carbons (Fsp3) is 0.545. The Morgan fingerprint density at radius 2 is 2.56 bits per heavy atom. The lowest BCUT2D eigenvalue weighted by Crippen LogP contribution is -2.21. The van der Waals surface area contributed by atoms with Crippen LogP contribution in [-0.4, -0.2) is 38.8 Å². The van der Waals surface area contributed by atoms with E-state index in [0.29, 0.717) is 11.6 Å². The monoisotopic (exact) mass is 249 g/mol. The SMILES string of the molecule is CC1OCCC1CNc1cc2n[nH]c(=O)n2cn1. The van der Waals surface area contributed by atoms with Crippen LogP contribution in [0.25, 0.3) is 5.65 Å². The molecule has 0 saturated carbocycles. The minimum atomic E-state index is -0.276. The molecule has 7 nitrogen and oxygen atoms in total. The van der Waals surface area contributed by atoms with Crippen molar-refractivity contribution in [3.8, 4) is 0 Å². The molecule has 96 valence electrons. The van der Waals surface area contributed by atoms with Crippen LogP contribution in [-0.2, 0) is 4.74 Å². The number of fused-ring (bicyclic) bond motifs is 1. The van der Waals surface area contributed by atoms with Gasteiger partial charge in [-0.25, -0.2) is 19.3 Å². The lowest BCUT2D eigenvalue weighted by molar-refractivity contribution is 0.108. The van der Waals surface area contributed by atoms with E-state index in [1.807, 2.05) is 0 Å². The number of ether oxygens (including phenoxy) is 1. The minimum Gasteiger partial charge on any atom is -0.378 e. The Labute approximate surface area is 103 Å². The number of hydrogen-bond acceptors (Lipinski definition) is 5. The summed E-state index contributed by atoms with van der Waals surface area (Å²) in [7, 11) is 0. The van der Waals surface area contributed by atoms with Crippen LogP contribution < -0.4 is 11.0 Å². The molecule has 0 bridgehead atoms. The van der Waals surface area contributed by atoms with Gasteiger partial charge in [-0.15, -0.1) is 0 Å². The summed E-state index contributed by atoms with van der Waals surface area (Å²) in [4.78, 5) is 15.4. The number of aromatic amines is 1. The quantitative estimate of drug-likeness (QED) is 0.814. The van der Waals surface area contributed by atoms with Crippen molar-refractivity contribution in [2.45, 2.75) is 19.4 Å². The molecule has 0 spiro atoms. The molecule has 2 atom stereocenters. The molecule has 1 saturated heterocycles. The van der Waals surface area contributed by atoms with Gasteiger partial charge in [-0.2, -0.15) is 5.10 Å². The second kappa shape index (κ2) is 4.41. The molecule has 3 heterocycles. The summed E-state index contributed by atoms with van der Waals surface area (Å²) in [6, 6.07) is 1.75. The van der Waals surface area contributed by atoms with Crippen LogP contribution in [0.1, 0.15) is 13.3 Å². The van der Waals surface area contributed by atoms with Crippen LogP contribution >= 0.6 is 0 Å². The Morgan fingerprint density at radius 3 is 3.33 bits per heavy atom. The van der Waals surface area contributed by atoms with E-state index in [1.165, 1.54) is 10.7 Å². The van der Waals surface area contributed by atoms with Gasteiger partial charge < -0.3 is 10.1 Å². The second-order valence-corrected chi connectivity index (χ2v) is 4.54. The molecule has 18 heavy (non-hydrogen) atoms. The fourth-order valence-electron chi connectivity index (χ4n) is 2.19. The molecule has 0 aromatic carbocycles. The average Bonchev–Trinajstić information content (AvgIpc) is 2.94. The summed E-state index contributed by atoms with van der Waals surface area (Å²) in [5, 5.41) is 9.53. The predicted octanol–water partition coefficient (Wildman–Crippen LogP) is 0.254. The first-order chi connectivity index (χ1) is 8.74. The first-order valence-corrected chi connectivity index (χ1v) is 6.02. The van der Waals surface area contributed by atoms with Crippen molar-refractivity contribution in [2.75, 3.05) is 18.5 Å². The lowest BCUT2D eigenvalue weighted by Gasteiger charge is -2.14. The van der Waals surface area contributed by atoms with Gasteiger partial charge in [0.15, 0.2) is 5.65 Å². The molecular weight excluding hydrogens is 234 g/mol. The fourth-order valence-corrected chi connectivity index (χ4v) is 2.19. The second-order valence-electron chi connectivity index (χ2n) is 4.54. The Kier molecular flexibility index (Phi) is 2.75. The van der Waals surface area contributed by atoms with Crippen molar-refractivity contribution in [1.29, 1.82) is 0 Å². The highest BCUT2D eigenvalue weighted by Crippen LogP contribution is 2.20. The summed E-state index contributed by atoms with van der Waals surface area (Å²) in [6.45, 7) is 3.73. The minimum absolute atomic E-state index is 0.276. The zero-order valence-electron chi connectivity index (χ0n) is 10.1. The molecule has 2 N–H and O–H groups in total. The predicted molar refractivity (Wildman–Crippen MR) is 65.6 cm³/mol. The normalized spacial score (nSPS) is 23.6. The van der Waals surface area contributed by atoms with Gasteiger partial charge in [0.2, 0.25) is 0 Å². The number of rotatable bonds is 3. The van der Waals surface area contributed by atoms with Crippen molar-refractivity contribution in [2.24, 2.45) is 5.92 Å². The Bertz CT molecular complexity index is 605. The molecule has 0 aliphatic carbocycles. The molecule has 1 aliphatic heterocycles. The number of nitrogens with one attached hydrogen (secondary N) is 2. The third-order valence-corrected chi connectivity index (χ3v) is 3.39. The standard InChI is InChI=1S/C11H15N5O2/c1-7-8(2-3-18-7)5-12-9-4-10-14-15-11(17)16(10)6-13-9/h4,6-8,12H,2-3,5H2,1H3,(H,15,17). The topological polar surface area (TPSA) is 84.3 Å². The van der Waals surface area contributed by atoms with E-state index >= 15 is 0 Å². The van der Waals surface area contributed by atoms with Gasteiger partial charge >= 0.3 is 5.69 Å². The maximum absolute atomic E-state index is 11.3. The van der Waals surface area contributed by atoms with Crippen molar-refractivity contribution >= 4 is 11.5 Å². The Hall–Kier alpha value is -1.89. The number of aromatic nitrogens is 4. The number of nitrogens with zero attached hydrogens (tertiary/aromatic N) is 3. The Morgan fingerprint density at radius 1 is 1.67 bits per heavy atom. The van der Waals surface area contributed by atoms with Crippen LogP contribution in [0.5, 0.6) is 0 Å². The maximum Gasteiger partial charge on any atom is 0.348 e. The van der Waals surface area contributed by atoms with E-state index < -0.39 is 0 Å². The summed E-state index contributed by atoms with van der Waals surface area (Å²) >= 11 is 0. The zero-order valence-corrected chi connectivity index (χ0v) is 10.1. The van der Waals surface area contributed by atoms with E-state index in [2.05, 4.69) is 27.4 Å². The Balaban J connectivity index is 1.72. The van der Waals surface area contributed by atoms with E-state index in [-0.39, 0.29) is 11.8 Å². The van der Waals surface area contributed by atoms with Gasteiger partial charge in [-0.05, 0) is 13.3 Å². The van der Waals surface area contributed by atoms with Gasteiger partial charge in [0.25, 0.3) is 0 Å². The molecule has 3 rings (SSSR count). The van der Waals surface area contributed by atoms with Gasteiger partial charge in [-0.1, -0.05) is 0 Å². The molecule has 0 amide bonds. The van der Waals surface area contributed by atoms with Gasteiger partial charge in [0.05, 0.1) is 6.10 Å².